The maximum Gasteiger partial charge on any atom is 0.381 e. The highest BCUT2D eigenvalue weighted by atomic mass is 16.6. The van der Waals surface area contributed by atoms with Crippen LogP contribution in [0.3, 0.4) is 0 Å². The molecule has 0 fully saturated rings. The molecule has 0 radical (unpaired) electrons. The molecule has 11 nitrogen and oxygen atoms in total. The van der Waals surface area contributed by atoms with E-state index in [0.29, 0.717) is 11.0 Å². The maximum atomic E-state index is 12.6. The van der Waals surface area contributed by atoms with Gasteiger partial charge in [-0.05, 0) is 22.0 Å². The van der Waals surface area contributed by atoms with Crippen molar-refractivity contribution in [3.63, 3.8) is 0 Å². The molecule has 0 atom stereocenters. The number of hydrogen-bond acceptors (Lipinski definition) is 7. The van der Waals surface area contributed by atoms with E-state index in [9.17, 15) is 14.9 Å². The van der Waals surface area contributed by atoms with Crippen molar-refractivity contribution in [2.24, 2.45) is 0 Å². The molecule has 0 saturated heterocycles. The Kier molecular flexibility index (Phi) is 3.31. The van der Waals surface area contributed by atoms with Crippen LogP contribution >= 0.6 is 0 Å². The van der Waals surface area contributed by atoms with Crippen LogP contribution in [0.2, 0.25) is 0 Å². The van der Waals surface area contributed by atoms with Gasteiger partial charge in [-0.2, -0.15) is 9.78 Å². The summed E-state index contributed by atoms with van der Waals surface area (Å²) in [5, 5.41) is 23.1. The van der Waals surface area contributed by atoms with E-state index in [1.54, 1.807) is 0 Å². The normalized spacial score (nSPS) is 11.0. The van der Waals surface area contributed by atoms with Crippen LogP contribution in [0.5, 0.6) is 0 Å². The van der Waals surface area contributed by atoms with E-state index in [1.807, 2.05) is 30.3 Å². The molecule has 3 aromatic heterocycles. The molecule has 124 valence electrons. The Morgan fingerprint density at radius 1 is 1.20 bits per heavy atom. The van der Waals surface area contributed by atoms with Crippen molar-refractivity contribution >= 4 is 16.9 Å². The van der Waals surface area contributed by atoms with Crippen LogP contribution in [0, 0.1) is 10.1 Å². The third-order valence-corrected chi connectivity index (χ3v) is 3.56. The number of nitro groups is 1. The first-order chi connectivity index (χ1) is 12.1. The monoisotopic (exact) mass is 338 g/mol. The van der Waals surface area contributed by atoms with Crippen molar-refractivity contribution in [3.8, 4) is 5.69 Å². The van der Waals surface area contributed by atoms with Crippen molar-refractivity contribution in [1.29, 1.82) is 0 Å². The molecule has 0 saturated carbocycles. The summed E-state index contributed by atoms with van der Waals surface area (Å²) in [6, 6.07) is 9.25. The SMILES string of the molecule is O=c1c2cnn(-c3ccccc3)c2nnn1Cn1cnc([N+](=O)[O-])c1. The second kappa shape index (κ2) is 5.63. The van der Waals surface area contributed by atoms with Crippen LogP contribution in [-0.2, 0) is 6.67 Å². The summed E-state index contributed by atoms with van der Waals surface area (Å²) in [5.41, 5.74) is 0.696. The van der Waals surface area contributed by atoms with E-state index in [4.69, 9.17) is 0 Å². The first-order valence-electron chi connectivity index (χ1n) is 7.16. The first kappa shape index (κ1) is 14.7. The highest BCUT2D eigenvalue weighted by molar-refractivity contribution is 5.74. The molecule has 0 unspecified atom stereocenters. The molecule has 0 aliphatic rings. The molecular weight excluding hydrogens is 328 g/mol. The Bertz CT molecular complexity index is 1130. The molecule has 0 N–H and O–H groups in total. The number of imidazole rings is 1. The summed E-state index contributed by atoms with van der Waals surface area (Å²) in [6.07, 6.45) is 3.89. The fraction of sp³-hybridized carbons (Fsp3) is 0.0714. The molecule has 0 aliphatic heterocycles. The Hall–Kier alpha value is -3.89. The van der Waals surface area contributed by atoms with Gasteiger partial charge in [0, 0.05) is 0 Å². The molecule has 0 amide bonds. The lowest BCUT2D eigenvalue weighted by atomic mass is 10.3. The van der Waals surface area contributed by atoms with Gasteiger partial charge in [0.25, 0.3) is 5.56 Å². The first-order valence-corrected chi connectivity index (χ1v) is 7.16. The molecule has 4 rings (SSSR count). The molecular formula is C14H10N8O3. The van der Waals surface area contributed by atoms with E-state index in [-0.39, 0.29) is 12.5 Å². The molecule has 1 aromatic carbocycles. The standard InChI is InChI=1S/C14H10N8O3/c23-14-11-6-16-21(10-4-2-1-3-5-10)13(11)17-18-20(14)9-19-7-12(15-8-19)22(24)25/h1-8H,9H2. The highest BCUT2D eigenvalue weighted by Crippen LogP contribution is 2.12. The van der Waals surface area contributed by atoms with Crippen LogP contribution in [0.25, 0.3) is 16.7 Å². The lowest BCUT2D eigenvalue weighted by Crippen LogP contribution is -2.26. The van der Waals surface area contributed by atoms with Gasteiger partial charge in [-0.3, -0.25) is 9.36 Å². The minimum atomic E-state index is -0.613. The number of hydrogen-bond donors (Lipinski definition) is 0. The van der Waals surface area contributed by atoms with E-state index in [0.717, 1.165) is 10.4 Å². The van der Waals surface area contributed by atoms with Crippen LogP contribution < -0.4 is 5.56 Å². The number of nitrogens with zero attached hydrogens (tertiary/aromatic N) is 8. The van der Waals surface area contributed by atoms with Crippen LogP contribution in [0.15, 0.2) is 53.8 Å². The van der Waals surface area contributed by atoms with Gasteiger partial charge >= 0.3 is 5.82 Å². The van der Waals surface area contributed by atoms with Gasteiger partial charge in [-0.15, -0.1) is 5.10 Å². The quantitative estimate of drug-likeness (QED) is 0.393. The minimum Gasteiger partial charge on any atom is -0.358 e. The predicted octanol–water partition coefficient (Wildman–Crippen LogP) is 0.588. The van der Waals surface area contributed by atoms with Crippen LogP contribution in [0.4, 0.5) is 5.82 Å². The number of benzene rings is 1. The minimum absolute atomic E-state index is 0.0425. The molecule has 0 spiro atoms. The molecule has 3 heterocycles. The van der Waals surface area contributed by atoms with Crippen LogP contribution in [-0.4, -0.2) is 39.2 Å². The van der Waals surface area contributed by atoms with E-state index in [2.05, 4.69) is 20.4 Å². The fourth-order valence-electron chi connectivity index (χ4n) is 2.39. The highest BCUT2D eigenvalue weighted by Gasteiger charge is 2.14. The predicted molar refractivity (Wildman–Crippen MR) is 85.2 cm³/mol. The van der Waals surface area contributed by atoms with Gasteiger partial charge in [-0.25, -0.2) is 4.68 Å². The van der Waals surface area contributed by atoms with Gasteiger partial charge in [0.05, 0.1) is 11.9 Å². The second-order valence-electron chi connectivity index (χ2n) is 5.17. The van der Waals surface area contributed by atoms with E-state index in [1.165, 1.54) is 28.0 Å². The molecule has 11 heteroatoms. The zero-order chi connectivity index (χ0) is 17.4. The third kappa shape index (κ3) is 2.52. The van der Waals surface area contributed by atoms with Gasteiger partial charge in [0.1, 0.15) is 18.3 Å². The summed E-state index contributed by atoms with van der Waals surface area (Å²) in [7, 11) is 0. The van der Waals surface area contributed by atoms with Crippen molar-refractivity contribution in [3.05, 3.63) is 69.5 Å². The lowest BCUT2D eigenvalue weighted by Gasteiger charge is -2.04. The Morgan fingerprint density at radius 2 is 2.00 bits per heavy atom. The average molecular weight is 338 g/mol. The average Bonchev–Trinajstić information content (AvgIpc) is 3.25. The third-order valence-electron chi connectivity index (χ3n) is 3.56. The smallest absolute Gasteiger partial charge is 0.358 e. The Labute approximate surface area is 138 Å². The zero-order valence-corrected chi connectivity index (χ0v) is 12.6. The van der Waals surface area contributed by atoms with Crippen molar-refractivity contribution in [2.75, 3.05) is 0 Å². The summed E-state index contributed by atoms with van der Waals surface area (Å²) in [6.45, 7) is -0.0425. The largest absolute Gasteiger partial charge is 0.381 e. The number of aromatic nitrogens is 7. The number of rotatable bonds is 4. The van der Waals surface area contributed by atoms with Gasteiger partial charge < -0.3 is 10.1 Å². The topological polar surface area (TPSA) is 127 Å². The Balaban J connectivity index is 1.73. The molecule has 4 aromatic rings. The molecule has 0 aliphatic carbocycles. The summed E-state index contributed by atoms with van der Waals surface area (Å²) in [5.74, 6) is -0.306. The van der Waals surface area contributed by atoms with Crippen LogP contribution in [0.1, 0.15) is 0 Å². The summed E-state index contributed by atoms with van der Waals surface area (Å²) < 4.78 is 3.99. The molecule has 25 heavy (non-hydrogen) atoms. The van der Waals surface area contributed by atoms with E-state index >= 15 is 0 Å². The summed E-state index contributed by atoms with van der Waals surface area (Å²) in [4.78, 5) is 26.2. The second-order valence-corrected chi connectivity index (χ2v) is 5.17. The van der Waals surface area contributed by atoms with Crippen molar-refractivity contribution < 1.29 is 4.92 Å². The van der Waals surface area contributed by atoms with Crippen molar-refractivity contribution in [1.82, 2.24) is 34.3 Å². The van der Waals surface area contributed by atoms with Crippen molar-refractivity contribution in [2.45, 2.75) is 6.67 Å². The number of para-hydroxylation sites is 1. The lowest BCUT2D eigenvalue weighted by molar-refractivity contribution is -0.389. The van der Waals surface area contributed by atoms with Gasteiger partial charge in [0.2, 0.25) is 6.33 Å². The zero-order valence-electron chi connectivity index (χ0n) is 12.6. The van der Waals surface area contributed by atoms with Gasteiger partial charge in [0.15, 0.2) is 5.65 Å². The van der Waals surface area contributed by atoms with E-state index < -0.39 is 10.5 Å². The Morgan fingerprint density at radius 3 is 2.72 bits per heavy atom. The fourth-order valence-corrected chi connectivity index (χ4v) is 2.39. The summed E-state index contributed by atoms with van der Waals surface area (Å²) >= 11 is 0. The maximum absolute atomic E-state index is 12.6. The van der Waals surface area contributed by atoms with Gasteiger partial charge in [-0.1, -0.05) is 23.4 Å². The molecule has 0 bridgehead atoms. The number of fused-ring (bicyclic) bond motifs is 1.